The molecular formula is C21H33N3O4. The van der Waals surface area contributed by atoms with Crippen molar-refractivity contribution in [2.75, 3.05) is 46.4 Å². The van der Waals surface area contributed by atoms with E-state index in [1.54, 1.807) is 0 Å². The van der Waals surface area contributed by atoms with Gasteiger partial charge in [-0.05, 0) is 43.5 Å². The van der Waals surface area contributed by atoms with Gasteiger partial charge in [-0.25, -0.2) is 0 Å². The molecular weight excluding hydrogens is 358 g/mol. The number of carboxylic acids is 1. The van der Waals surface area contributed by atoms with E-state index in [0.717, 1.165) is 31.7 Å². The number of piperidine rings is 1. The molecule has 0 radical (unpaired) electrons. The number of likely N-dealkylation sites (N-methyl/N-ethyl adjacent to an activating group) is 1. The van der Waals surface area contributed by atoms with E-state index < -0.39 is 5.97 Å². The molecule has 1 amide bonds. The molecule has 28 heavy (non-hydrogen) atoms. The average molecular weight is 392 g/mol. The van der Waals surface area contributed by atoms with Crippen molar-refractivity contribution in [3.05, 3.63) is 29.8 Å². The maximum atomic E-state index is 12.1. The number of likely N-dealkylation sites (tertiary alicyclic amines) is 1. The van der Waals surface area contributed by atoms with Gasteiger partial charge in [0, 0.05) is 19.1 Å². The monoisotopic (exact) mass is 391 g/mol. The summed E-state index contributed by atoms with van der Waals surface area (Å²) in [6.07, 6.45) is 1.76. The standard InChI is InChI=1S/C21H33N3O4/c1-16(2)17-4-6-19(7-5-17)28-13-10-22-20(25)14-24-11-8-18(9-12-24)23(3)15-21(26)27/h4-7,16,18H,8-15H2,1-3H3,(H,22,25)(H,26,27). The number of nitrogens with one attached hydrogen (secondary N) is 1. The molecule has 7 nitrogen and oxygen atoms in total. The molecule has 1 saturated heterocycles. The summed E-state index contributed by atoms with van der Waals surface area (Å²) < 4.78 is 5.67. The number of ether oxygens (including phenoxy) is 1. The van der Waals surface area contributed by atoms with Crippen LogP contribution in [0.3, 0.4) is 0 Å². The molecule has 0 saturated carbocycles. The molecule has 0 aromatic heterocycles. The number of carboxylic acid groups (broad SMARTS) is 1. The molecule has 1 aliphatic rings. The summed E-state index contributed by atoms with van der Waals surface area (Å²) in [4.78, 5) is 26.9. The first-order chi connectivity index (χ1) is 13.3. The fourth-order valence-electron chi connectivity index (χ4n) is 3.43. The van der Waals surface area contributed by atoms with E-state index in [2.05, 4.69) is 36.2 Å². The summed E-state index contributed by atoms with van der Waals surface area (Å²) in [7, 11) is 1.84. The van der Waals surface area contributed by atoms with Crippen LogP contribution < -0.4 is 10.1 Å². The lowest BCUT2D eigenvalue weighted by atomic mass is 10.0. The average Bonchev–Trinajstić information content (AvgIpc) is 2.65. The minimum atomic E-state index is -0.803. The van der Waals surface area contributed by atoms with Gasteiger partial charge in [-0.15, -0.1) is 0 Å². The van der Waals surface area contributed by atoms with Gasteiger partial charge in [-0.1, -0.05) is 26.0 Å². The van der Waals surface area contributed by atoms with Crippen molar-refractivity contribution >= 4 is 11.9 Å². The normalized spacial score (nSPS) is 15.8. The molecule has 7 heteroatoms. The predicted molar refractivity (Wildman–Crippen MR) is 109 cm³/mol. The van der Waals surface area contributed by atoms with Crippen LogP contribution >= 0.6 is 0 Å². The highest BCUT2D eigenvalue weighted by atomic mass is 16.5. The molecule has 0 aliphatic carbocycles. The van der Waals surface area contributed by atoms with E-state index >= 15 is 0 Å². The number of benzene rings is 1. The minimum Gasteiger partial charge on any atom is -0.492 e. The molecule has 1 aliphatic heterocycles. The van der Waals surface area contributed by atoms with Crippen molar-refractivity contribution in [3.63, 3.8) is 0 Å². The third kappa shape index (κ3) is 7.48. The van der Waals surface area contributed by atoms with E-state index in [1.807, 2.05) is 24.1 Å². The highest BCUT2D eigenvalue weighted by Gasteiger charge is 2.24. The number of carbonyl (C=O) groups is 2. The second-order valence-electron chi connectivity index (χ2n) is 7.74. The summed E-state index contributed by atoms with van der Waals surface area (Å²) in [5, 5.41) is 11.8. The Balaban J connectivity index is 1.59. The van der Waals surface area contributed by atoms with Crippen molar-refractivity contribution in [2.24, 2.45) is 0 Å². The lowest BCUT2D eigenvalue weighted by molar-refractivity contribution is -0.138. The number of nitrogens with zero attached hydrogens (tertiary/aromatic N) is 2. The van der Waals surface area contributed by atoms with Crippen LogP contribution in [0.5, 0.6) is 5.75 Å². The number of hydrogen-bond donors (Lipinski definition) is 2. The summed E-state index contributed by atoms with van der Waals surface area (Å²) in [6.45, 7) is 7.27. The van der Waals surface area contributed by atoms with E-state index in [9.17, 15) is 9.59 Å². The van der Waals surface area contributed by atoms with Crippen LogP contribution in [0, 0.1) is 0 Å². The van der Waals surface area contributed by atoms with Crippen LogP contribution in [0.4, 0.5) is 0 Å². The predicted octanol–water partition coefficient (Wildman–Crippen LogP) is 1.79. The van der Waals surface area contributed by atoms with Crippen LogP contribution in [0.25, 0.3) is 0 Å². The zero-order valence-corrected chi connectivity index (χ0v) is 17.2. The fourth-order valence-corrected chi connectivity index (χ4v) is 3.43. The first kappa shape index (κ1) is 22.2. The van der Waals surface area contributed by atoms with Crippen molar-refractivity contribution in [3.8, 4) is 5.75 Å². The molecule has 2 rings (SSSR count). The Kier molecular flexibility index (Phi) is 8.73. The van der Waals surface area contributed by atoms with Gasteiger partial charge in [0.1, 0.15) is 12.4 Å². The van der Waals surface area contributed by atoms with Gasteiger partial charge in [0.2, 0.25) is 5.91 Å². The fraction of sp³-hybridized carbons (Fsp3) is 0.619. The molecule has 2 N–H and O–H groups in total. The van der Waals surface area contributed by atoms with Gasteiger partial charge >= 0.3 is 5.97 Å². The van der Waals surface area contributed by atoms with Gasteiger partial charge in [0.05, 0.1) is 19.6 Å². The Hall–Kier alpha value is -2.12. The molecule has 0 unspecified atom stereocenters. The van der Waals surface area contributed by atoms with Crippen LogP contribution in [-0.4, -0.2) is 79.2 Å². The van der Waals surface area contributed by atoms with Gasteiger partial charge in [-0.3, -0.25) is 19.4 Å². The largest absolute Gasteiger partial charge is 0.492 e. The summed E-state index contributed by atoms with van der Waals surface area (Å²) in [6, 6.07) is 8.32. The molecule has 1 heterocycles. The van der Waals surface area contributed by atoms with Crippen LogP contribution in [0.15, 0.2) is 24.3 Å². The summed E-state index contributed by atoms with van der Waals surface area (Å²) >= 11 is 0. The third-order valence-corrected chi connectivity index (χ3v) is 5.17. The number of amides is 1. The maximum absolute atomic E-state index is 12.1. The molecule has 1 aromatic rings. The maximum Gasteiger partial charge on any atom is 0.317 e. The number of carbonyl (C=O) groups excluding carboxylic acids is 1. The van der Waals surface area contributed by atoms with Gasteiger partial charge in [0.25, 0.3) is 0 Å². The van der Waals surface area contributed by atoms with E-state index in [4.69, 9.17) is 9.84 Å². The third-order valence-electron chi connectivity index (χ3n) is 5.17. The highest BCUT2D eigenvalue weighted by Crippen LogP contribution is 2.18. The summed E-state index contributed by atoms with van der Waals surface area (Å²) in [5.41, 5.74) is 1.28. The second kappa shape index (κ2) is 11.0. The Morgan fingerprint density at radius 2 is 1.89 bits per heavy atom. The Labute approximate surface area is 167 Å². The topological polar surface area (TPSA) is 82.1 Å². The first-order valence-electron chi connectivity index (χ1n) is 9.99. The zero-order chi connectivity index (χ0) is 20.5. The Morgan fingerprint density at radius 3 is 2.46 bits per heavy atom. The summed E-state index contributed by atoms with van der Waals surface area (Å²) in [5.74, 6) is 0.501. The SMILES string of the molecule is CC(C)c1ccc(OCCNC(=O)CN2CCC(N(C)CC(=O)O)CC2)cc1. The number of hydrogen-bond acceptors (Lipinski definition) is 5. The molecule has 0 spiro atoms. The first-order valence-corrected chi connectivity index (χ1v) is 9.99. The van der Waals surface area contributed by atoms with E-state index in [0.29, 0.717) is 25.6 Å². The highest BCUT2D eigenvalue weighted by molar-refractivity contribution is 5.78. The van der Waals surface area contributed by atoms with E-state index in [1.165, 1.54) is 5.56 Å². The zero-order valence-electron chi connectivity index (χ0n) is 17.2. The Bertz CT molecular complexity index is 625. The van der Waals surface area contributed by atoms with Crippen LogP contribution in [0.1, 0.15) is 38.2 Å². The van der Waals surface area contributed by atoms with Gasteiger partial charge in [0.15, 0.2) is 0 Å². The smallest absolute Gasteiger partial charge is 0.317 e. The molecule has 0 bridgehead atoms. The van der Waals surface area contributed by atoms with Crippen LogP contribution in [-0.2, 0) is 9.59 Å². The second-order valence-corrected chi connectivity index (χ2v) is 7.74. The van der Waals surface area contributed by atoms with Crippen molar-refractivity contribution in [1.29, 1.82) is 0 Å². The van der Waals surface area contributed by atoms with Gasteiger partial charge < -0.3 is 15.2 Å². The molecule has 0 atom stereocenters. The Morgan fingerprint density at radius 1 is 1.25 bits per heavy atom. The molecule has 1 aromatic carbocycles. The number of aliphatic carboxylic acids is 1. The van der Waals surface area contributed by atoms with Crippen molar-refractivity contribution in [2.45, 2.75) is 38.6 Å². The number of rotatable bonds is 10. The van der Waals surface area contributed by atoms with Gasteiger partial charge in [-0.2, -0.15) is 0 Å². The van der Waals surface area contributed by atoms with E-state index in [-0.39, 0.29) is 18.5 Å². The van der Waals surface area contributed by atoms with Crippen molar-refractivity contribution in [1.82, 2.24) is 15.1 Å². The lowest BCUT2D eigenvalue weighted by Gasteiger charge is -2.35. The minimum absolute atomic E-state index is 0.00361. The molecule has 1 fully saturated rings. The molecule has 156 valence electrons. The lowest BCUT2D eigenvalue weighted by Crippen LogP contribution is -2.47. The quantitative estimate of drug-likeness (QED) is 0.592. The van der Waals surface area contributed by atoms with Crippen molar-refractivity contribution < 1.29 is 19.4 Å². The van der Waals surface area contributed by atoms with Crippen LogP contribution in [0.2, 0.25) is 0 Å².